The third kappa shape index (κ3) is 5.07. The molecule has 2 aromatic heterocycles. The first-order valence-electron chi connectivity index (χ1n) is 6.85. The van der Waals surface area contributed by atoms with Crippen LogP contribution in [0.5, 0.6) is 5.88 Å². The number of pyridine rings is 1. The fourth-order valence-corrected chi connectivity index (χ4v) is 2.40. The summed E-state index contributed by atoms with van der Waals surface area (Å²) in [6.45, 7) is 4.25. The third-order valence-electron chi connectivity index (χ3n) is 2.78. The first kappa shape index (κ1) is 15.3. The number of hydrogen-bond donors (Lipinski definition) is 2. The molecule has 2 heterocycles. The van der Waals surface area contributed by atoms with Crippen molar-refractivity contribution in [2.24, 2.45) is 4.99 Å². The summed E-state index contributed by atoms with van der Waals surface area (Å²) in [5.74, 6) is 1.42. The number of hydrogen-bond acceptors (Lipinski definition) is 4. The third-order valence-corrected chi connectivity index (χ3v) is 3.66. The fraction of sp³-hybridized carbons (Fsp3) is 0.333. The lowest BCUT2D eigenvalue weighted by atomic mass is 10.3. The molecule has 0 saturated carbocycles. The maximum Gasteiger partial charge on any atom is 0.213 e. The molecule has 6 heteroatoms. The van der Waals surface area contributed by atoms with Crippen molar-refractivity contribution in [3.05, 3.63) is 46.3 Å². The van der Waals surface area contributed by atoms with Gasteiger partial charge in [0, 0.05) is 23.7 Å². The molecule has 0 spiro atoms. The number of thiophene rings is 1. The van der Waals surface area contributed by atoms with Crippen LogP contribution in [0.15, 0.2) is 40.8 Å². The van der Waals surface area contributed by atoms with E-state index in [4.69, 9.17) is 4.74 Å². The van der Waals surface area contributed by atoms with Gasteiger partial charge < -0.3 is 15.4 Å². The molecule has 21 heavy (non-hydrogen) atoms. The first-order chi connectivity index (χ1) is 10.3. The molecule has 0 amide bonds. The van der Waals surface area contributed by atoms with Gasteiger partial charge in [0.15, 0.2) is 5.96 Å². The molecule has 0 bridgehead atoms. The predicted molar refractivity (Wildman–Crippen MR) is 86.8 cm³/mol. The van der Waals surface area contributed by atoms with Gasteiger partial charge in [-0.25, -0.2) is 9.98 Å². The van der Waals surface area contributed by atoms with Gasteiger partial charge in [-0.2, -0.15) is 0 Å². The molecule has 0 aliphatic heterocycles. The van der Waals surface area contributed by atoms with Crippen LogP contribution in [-0.2, 0) is 13.1 Å². The Morgan fingerprint density at radius 1 is 1.38 bits per heavy atom. The average molecular weight is 304 g/mol. The van der Waals surface area contributed by atoms with Gasteiger partial charge in [0.2, 0.25) is 5.88 Å². The van der Waals surface area contributed by atoms with E-state index < -0.39 is 0 Å². The number of nitrogens with zero attached hydrogens (tertiary/aromatic N) is 2. The maximum absolute atomic E-state index is 5.12. The van der Waals surface area contributed by atoms with E-state index in [9.17, 15) is 0 Å². The second kappa shape index (κ2) is 8.26. The molecule has 2 N–H and O–H groups in total. The molecule has 112 valence electrons. The summed E-state index contributed by atoms with van der Waals surface area (Å²) in [5.41, 5.74) is 1.06. The van der Waals surface area contributed by atoms with Crippen LogP contribution < -0.4 is 15.4 Å². The lowest BCUT2D eigenvalue weighted by molar-refractivity contribution is 0.397. The van der Waals surface area contributed by atoms with E-state index in [1.165, 1.54) is 4.88 Å². The Morgan fingerprint density at radius 2 is 2.29 bits per heavy atom. The minimum atomic E-state index is 0.582. The zero-order valence-corrected chi connectivity index (χ0v) is 13.1. The monoisotopic (exact) mass is 304 g/mol. The van der Waals surface area contributed by atoms with E-state index in [1.54, 1.807) is 24.6 Å². The summed E-state index contributed by atoms with van der Waals surface area (Å²) < 4.78 is 5.12. The van der Waals surface area contributed by atoms with Crippen LogP contribution >= 0.6 is 11.3 Å². The molecule has 0 saturated heterocycles. The van der Waals surface area contributed by atoms with Crippen LogP contribution in [0.3, 0.4) is 0 Å². The Labute approximate surface area is 129 Å². The van der Waals surface area contributed by atoms with Gasteiger partial charge in [-0.15, -0.1) is 11.3 Å². The summed E-state index contributed by atoms with van der Waals surface area (Å²) in [6, 6.07) is 7.99. The van der Waals surface area contributed by atoms with Gasteiger partial charge in [0.05, 0.1) is 20.2 Å². The zero-order chi connectivity index (χ0) is 14.9. The number of guanidine groups is 1. The van der Waals surface area contributed by atoms with Crippen LogP contribution in [0.1, 0.15) is 17.4 Å². The highest BCUT2D eigenvalue weighted by atomic mass is 32.1. The average Bonchev–Trinajstić information content (AvgIpc) is 3.03. The number of aromatic nitrogens is 1. The second-order valence-electron chi connectivity index (χ2n) is 4.33. The molecule has 0 radical (unpaired) electrons. The molecule has 2 aromatic rings. The number of aliphatic imine (C=N–C) groups is 1. The van der Waals surface area contributed by atoms with Gasteiger partial charge in [-0.1, -0.05) is 6.07 Å². The normalized spacial score (nSPS) is 11.2. The predicted octanol–water partition coefficient (Wildman–Crippen LogP) is 2.41. The number of nitrogens with one attached hydrogen (secondary N) is 2. The van der Waals surface area contributed by atoms with Crippen LogP contribution in [-0.4, -0.2) is 24.6 Å². The topological polar surface area (TPSA) is 58.5 Å². The minimum Gasteiger partial charge on any atom is -0.481 e. The Balaban J connectivity index is 1.95. The summed E-state index contributed by atoms with van der Waals surface area (Å²) in [6.07, 6.45) is 1.73. The molecule has 0 fully saturated rings. The van der Waals surface area contributed by atoms with Crippen molar-refractivity contribution in [2.45, 2.75) is 20.0 Å². The Morgan fingerprint density at radius 3 is 3.00 bits per heavy atom. The summed E-state index contributed by atoms with van der Waals surface area (Å²) in [5, 5.41) is 8.64. The van der Waals surface area contributed by atoms with Crippen LogP contribution in [0, 0.1) is 0 Å². The van der Waals surface area contributed by atoms with E-state index in [1.807, 2.05) is 12.1 Å². The highest BCUT2D eigenvalue weighted by Gasteiger charge is 2.00. The maximum atomic E-state index is 5.12. The summed E-state index contributed by atoms with van der Waals surface area (Å²) in [4.78, 5) is 9.95. The molecular weight excluding hydrogens is 284 g/mol. The molecular formula is C15H20N4OS. The first-order valence-corrected chi connectivity index (χ1v) is 7.73. The molecule has 0 atom stereocenters. The van der Waals surface area contributed by atoms with Gasteiger partial charge in [0.1, 0.15) is 0 Å². The van der Waals surface area contributed by atoms with E-state index >= 15 is 0 Å². The van der Waals surface area contributed by atoms with Crippen LogP contribution in [0.25, 0.3) is 0 Å². The van der Waals surface area contributed by atoms with Crippen molar-refractivity contribution >= 4 is 17.3 Å². The highest BCUT2D eigenvalue weighted by Crippen LogP contribution is 2.10. The quantitative estimate of drug-likeness (QED) is 0.635. The van der Waals surface area contributed by atoms with Crippen molar-refractivity contribution in [3.8, 4) is 5.88 Å². The standard InChI is InChI=1S/C15H20N4OS/c1-3-16-15(19-11-13-5-4-8-21-13)18-10-12-6-7-17-14(9-12)20-2/h4-9H,3,10-11H2,1-2H3,(H2,16,18,19). The lowest BCUT2D eigenvalue weighted by Gasteiger charge is -2.10. The van der Waals surface area contributed by atoms with Gasteiger partial charge in [-0.05, 0) is 30.0 Å². The van der Waals surface area contributed by atoms with E-state index in [0.29, 0.717) is 12.4 Å². The van der Waals surface area contributed by atoms with Gasteiger partial charge in [-0.3, -0.25) is 0 Å². The largest absolute Gasteiger partial charge is 0.481 e. The number of methoxy groups -OCH3 is 1. The molecule has 0 unspecified atom stereocenters. The lowest BCUT2D eigenvalue weighted by Crippen LogP contribution is -2.36. The Hall–Kier alpha value is -2.08. The van der Waals surface area contributed by atoms with Crippen molar-refractivity contribution in [2.75, 3.05) is 13.7 Å². The molecule has 0 aromatic carbocycles. The van der Waals surface area contributed by atoms with Crippen molar-refractivity contribution in [1.82, 2.24) is 15.6 Å². The SMILES string of the molecule is CCNC(=NCc1ccnc(OC)c1)NCc1cccs1. The smallest absolute Gasteiger partial charge is 0.213 e. The van der Waals surface area contributed by atoms with Crippen molar-refractivity contribution < 1.29 is 4.74 Å². The molecule has 2 rings (SSSR count). The highest BCUT2D eigenvalue weighted by molar-refractivity contribution is 7.09. The van der Waals surface area contributed by atoms with Crippen LogP contribution in [0.4, 0.5) is 0 Å². The Bertz CT molecular complexity index is 569. The molecule has 0 aliphatic carbocycles. The van der Waals surface area contributed by atoms with Gasteiger partial charge >= 0.3 is 0 Å². The van der Waals surface area contributed by atoms with E-state index in [2.05, 4.69) is 45.0 Å². The van der Waals surface area contributed by atoms with E-state index in [0.717, 1.165) is 24.6 Å². The minimum absolute atomic E-state index is 0.582. The molecule has 5 nitrogen and oxygen atoms in total. The number of ether oxygens (including phenoxy) is 1. The second-order valence-corrected chi connectivity index (χ2v) is 5.37. The van der Waals surface area contributed by atoms with Crippen molar-refractivity contribution in [3.63, 3.8) is 0 Å². The van der Waals surface area contributed by atoms with Crippen molar-refractivity contribution in [1.29, 1.82) is 0 Å². The van der Waals surface area contributed by atoms with Gasteiger partial charge in [0.25, 0.3) is 0 Å². The summed E-state index contributed by atoms with van der Waals surface area (Å²) in [7, 11) is 1.61. The Kier molecular flexibility index (Phi) is 6.02. The zero-order valence-electron chi connectivity index (χ0n) is 12.3. The number of rotatable bonds is 6. The molecule has 0 aliphatic rings. The summed E-state index contributed by atoms with van der Waals surface area (Å²) >= 11 is 1.73. The fourth-order valence-electron chi connectivity index (χ4n) is 1.76. The van der Waals surface area contributed by atoms with E-state index in [-0.39, 0.29) is 0 Å². The van der Waals surface area contributed by atoms with Crippen LogP contribution in [0.2, 0.25) is 0 Å².